The summed E-state index contributed by atoms with van der Waals surface area (Å²) in [6, 6.07) is 6.33. The van der Waals surface area contributed by atoms with Crippen molar-refractivity contribution in [2.24, 2.45) is 11.8 Å². The number of nitrogens with one attached hydrogen (secondary N) is 2. The first kappa shape index (κ1) is 17.4. The van der Waals surface area contributed by atoms with Crippen molar-refractivity contribution in [3.05, 3.63) is 24.3 Å². The Morgan fingerprint density at radius 1 is 1.44 bits per heavy atom. The number of anilines is 2. The summed E-state index contributed by atoms with van der Waals surface area (Å²) < 4.78 is 4.98. The summed E-state index contributed by atoms with van der Waals surface area (Å²) >= 11 is 0. The van der Waals surface area contributed by atoms with E-state index in [1.54, 1.807) is 45.2 Å². The summed E-state index contributed by atoms with van der Waals surface area (Å²) in [5.74, 6) is -0.523. The molecule has 7 nitrogen and oxygen atoms in total. The minimum Gasteiger partial charge on any atom is -0.384 e. The molecule has 1 aliphatic carbocycles. The highest BCUT2D eigenvalue weighted by Gasteiger charge is 2.56. The Balaban J connectivity index is 1.78. The normalized spacial score (nSPS) is 24.2. The van der Waals surface area contributed by atoms with E-state index in [2.05, 4.69) is 10.6 Å². The van der Waals surface area contributed by atoms with Crippen molar-refractivity contribution in [2.75, 3.05) is 23.9 Å². The second-order valence-electron chi connectivity index (χ2n) is 6.94. The number of amides is 4. The number of nitrogens with zero attached hydrogens (tertiary/aromatic N) is 1. The maximum absolute atomic E-state index is 12.8. The summed E-state index contributed by atoms with van der Waals surface area (Å²) in [5.41, 5.74) is 0.152. The molecule has 1 aromatic carbocycles. The van der Waals surface area contributed by atoms with Crippen LogP contribution >= 0.6 is 0 Å². The molecule has 2 aliphatic rings. The summed E-state index contributed by atoms with van der Waals surface area (Å²) in [5, 5.41) is 5.61. The van der Waals surface area contributed by atoms with E-state index in [9.17, 15) is 14.4 Å². The monoisotopic (exact) mass is 345 g/mol. The molecular weight excluding hydrogens is 322 g/mol. The summed E-state index contributed by atoms with van der Waals surface area (Å²) in [6.45, 7) is 3.86. The van der Waals surface area contributed by atoms with Gasteiger partial charge >= 0.3 is 6.03 Å². The van der Waals surface area contributed by atoms with E-state index in [-0.39, 0.29) is 23.7 Å². The maximum atomic E-state index is 12.8. The van der Waals surface area contributed by atoms with Gasteiger partial charge in [0.1, 0.15) is 5.54 Å². The average molecular weight is 345 g/mol. The zero-order chi connectivity index (χ0) is 18.2. The van der Waals surface area contributed by atoms with Crippen molar-refractivity contribution in [1.29, 1.82) is 0 Å². The average Bonchev–Trinajstić information content (AvgIpc) is 3.37. The van der Waals surface area contributed by atoms with Gasteiger partial charge in [0.2, 0.25) is 5.91 Å². The molecule has 2 N–H and O–H groups in total. The highest BCUT2D eigenvalue weighted by Crippen LogP contribution is 2.43. The van der Waals surface area contributed by atoms with E-state index in [0.717, 1.165) is 17.7 Å². The van der Waals surface area contributed by atoms with Gasteiger partial charge in [-0.05, 0) is 43.9 Å². The fraction of sp³-hybridized carbons (Fsp3) is 0.500. The third-order valence-corrected chi connectivity index (χ3v) is 4.85. The molecular formula is C18H23N3O4. The van der Waals surface area contributed by atoms with Gasteiger partial charge in [-0.15, -0.1) is 0 Å². The summed E-state index contributed by atoms with van der Waals surface area (Å²) in [7, 11) is 1.54. The van der Waals surface area contributed by atoms with Gasteiger partial charge in [0, 0.05) is 12.8 Å². The van der Waals surface area contributed by atoms with E-state index in [1.807, 2.05) is 0 Å². The number of hydrogen-bond acceptors (Lipinski definition) is 4. The lowest BCUT2D eigenvalue weighted by Gasteiger charge is -2.21. The molecule has 1 aliphatic heterocycles. The predicted molar refractivity (Wildman–Crippen MR) is 93.3 cm³/mol. The molecule has 0 spiro atoms. The molecule has 0 radical (unpaired) electrons. The van der Waals surface area contributed by atoms with Crippen molar-refractivity contribution < 1.29 is 19.1 Å². The molecule has 3 rings (SSSR count). The Morgan fingerprint density at radius 2 is 2.16 bits per heavy atom. The van der Waals surface area contributed by atoms with Crippen LogP contribution in [0.2, 0.25) is 0 Å². The van der Waals surface area contributed by atoms with E-state index < -0.39 is 11.6 Å². The van der Waals surface area contributed by atoms with Gasteiger partial charge < -0.3 is 15.4 Å². The highest BCUT2D eigenvalue weighted by molar-refractivity contribution is 6.23. The third kappa shape index (κ3) is 3.24. The number of methoxy groups -OCH3 is 1. The molecule has 2 unspecified atom stereocenters. The van der Waals surface area contributed by atoms with Gasteiger partial charge in [-0.25, -0.2) is 9.69 Å². The Hall–Kier alpha value is -2.41. The van der Waals surface area contributed by atoms with Crippen LogP contribution in [-0.4, -0.2) is 37.1 Å². The number of urea groups is 1. The first-order valence-corrected chi connectivity index (χ1v) is 8.43. The number of ether oxygens (including phenoxy) is 1. The van der Waals surface area contributed by atoms with Gasteiger partial charge in [0.25, 0.3) is 5.91 Å². The fourth-order valence-corrected chi connectivity index (χ4v) is 3.14. The highest BCUT2D eigenvalue weighted by atomic mass is 16.5. The van der Waals surface area contributed by atoms with E-state index in [1.165, 1.54) is 0 Å². The lowest BCUT2D eigenvalue weighted by Crippen LogP contribution is -2.46. The standard InChI is InChI=1S/C18H23N3O4/c1-11(10-25-3)15(22)19-13-5-4-6-14(9-13)21-16(23)18(2,12-7-8-12)20-17(21)24/h4-6,9,11-12H,7-8,10H2,1-3H3,(H,19,22)(H,20,24). The SMILES string of the molecule is COCC(C)C(=O)Nc1cccc(N2C(=O)NC(C)(C3CC3)C2=O)c1. The predicted octanol–water partition coefficient (Wildman–Crippen LogP) is 2.13. The van der Waals surface area contributed by atoms with Crippen LogP contribution in [0.25, 0.3) is 0 Å². The number of rotatable bonds is 6. The van der Waals surface area contributed by atoms with Crippen molar-refractivity contribution in [3.8, 4) is 0 Å². The van der Waals surface area contributed by atoms with Crippen LogP contribution in [0.5, 0.6) is 0 Å². The minimum absolute atomic E-state index is 0.181. The van der Waals surface area contributed by atoms with Crippen LogP contribution in [0, 0.1) is 11.8 Å². The topological polar surface area (TPSA) is 87.7 Å². The summed E-state index contributed by atoms with van der Waals surface area (Å²) in [4.78, 5) is 38.4. The molecule has 4 amide bonds. The number of carbonyl (C=O) groups excluding carboxylic acids is 3. The molecule has 1 aromatic rings. The second kappa shape index (κ2) is 6.48. The molecule has 1 heterocycles. The lowest BCUT2D eigenvalue weighted by molar-refractivity contribution is -0.122. The Kier molecular flexibility index (Phi) is 4.51. The van der Waals surface area contributed by atoms with Crippen LogP contribution < -0.4 is 15.5 Å². The van der Waals surface area contributed by atoms with Gasteiger partial charge in [-0.2, -0.15) is 0 Å². The van der Waals surface area contributed by atoms with Crippen molar-refractivity contribution >= 4 is 29.2 Å². The fourth-order valence-electron chi connectivity index (χ4n) is 3.14. The quantitative estimate of drug-likeness (QED) is 0.773. The number of hydrogen-bond donors (Lipinski definition) is 2. The van der Waals surface area contributed by atoms with Crippen LogP contribution in [0.15, 0.2) is 24.3 Å². The molecule has 2 fully saturated rings. The zero-order valence-electron chi connectivity index (χ0n) is 14.7. The van der Waals surface area contributed by atoms with Crippen molar-refractivity contribution in [1.82, 2.24) is 5.32 Å². The minimum atomic E-state index is -0.830. The summed E-state index contributed by atoms with van der Waals surface area (Å²) in [6.07, 6.45) is 1.90. The number of carbonyl (C=O) groups is 3. The van der Waals surface area contributed by atoms with Crippen molar-refractivity contribution in [2.45, 2.75) is 32.2 Å². The van der Waals surface area contributed by atoms with E-state index >= 15 is 0 Å². The molecule has 2 atom stereocenters. The lowest BCUT2D eigenvalue weighted by atomic mass is 9.96. The maximum Gasteiger partial charge on any atom is 0.329 e. The molecule has 1 saturated heterocycles. The van der Waals surface area contributed by atoms with Crippen LogP contribution in [-0.2, 0) is 14.3 Å². The van der Waals surface area contributed by atoms with Gasteiger partial charge in [0.05, 0.1) is 18.2 Å². The van der Waals surface area contributed by atoms with Gasteiger partial charge in [-0.1, -0.05) is 13.0 Å². The first-order chi connectivity index (χ1) is 11.9. The third-order valence-electron chi connectivity index (χ3n) is 4.85. The number of imide groups is 1. The van der Waals surface area contributed by atoms with Crippen LogP contribution in [0.3, 0.4) is 0 Å². The molecule has 7 heteroatoms. The van der Waals surface area contributed by atoms with E-state index in [0.29, 0.717) is 18.0 Å². The Labute approximate surface area is 146 Å². The largest absolute Gasteiger partial charge is 0.384 e. The molecule has 0 bridgehead atoms. The smallest absolute Gasteiger partial charge is 0.329 e. The molecule has 25 heavy (non-hydrogen) atoms. The van der Waals surface area contributed by atoms with Crippen LogP contribution in [0.1, 0.15) is 26.7 Å². The molecule has 134 valence electrons. The van der Waals surface area contributed by atoms with Gasteiger partial charge in [0.15, 0.2) is 0 Å². The second-order valence-corrected chi connectivity index (χ2v) is 6.94. The Bertz CT molecular complexity index is 716. The van der Waals surface area contributed by atoms with Crippen molar-refractivity contribution in [3.63, 3.8) is 0 Å². The molecule has 1 saturated carbocycles. The van der Waals surface area contributed by atoms with Crippen LogP contribution in [0.4, 0.5) is 16.2 Å². The van der Waals surface area contributed by atoms with E-state index in [4.69, 9.17) is 4.74 Å². The molecule has 0 aromatic heterocycles. The zero-order valence-corrected chi connectivity index (χ0v) is 14.7. The first-order valence-electron chi connectivity index (χ1n) is 8.43. The Morgan fingerprint density at radius 3 is 2.80 bits per heavy atom. The number of benzene rings is 1. The van der Waals surface area contributed by atoms with Gasteiger partial charge in [-0.3, -0.25) is 9.59 Å².